The van der Waals surface area contributed by atoms with Crippen LogP contribution < -0.4 is 0 Å². The maximum atomic E-state index is 13.1. The van der Waals surface area contributed by atoms with Gasteiger partial charge in [-0.15, -0.1) is 0 Å². The number of hydrogen-bond donors (Lipinski definition) is 0. The highest BCUT2D eigenvalue weighted by Crippen LogP contribution is 2.40. The number of carbonyl (C=O) groups is 4. The number of halogens is 1. The van der Waals surface area contributed by atoms with E-state index in [1.165, 1.54) is 4.57 Å². The number of esters is 1. The predicted molar refractivity (Wildman–Crippen MR) is 118 cm³/mol. The standard InChI is InChI=1S/C24H18BrNO5/c1-3-31-24(30)19-13(2)26(12-18(27)14-8-10-15(25)11-9-14)21-20(19)16-6-4-5-7-17(16)22(28)23(21)29/h4-11H,3,12H2,1-2H3. The van der Waals surface area contributed by atoms with Crippen LogP contribution in [-0.4, -0.2) is 34.5 Å². The molecule has 0 unspecified atom stereocenters. The highest BCUT2D eigenvalue weighted by molar-refractivity contribution is 9.10. The first-order chi connectivity index (χ1) is 14.8. The van der Waals surface area contributed by atoms with Crippen molar-refractivity contribution in [2.24, 2.45) is 0 Å². The predicted octanol–water partition coefficient (Wildman–Crippen LogP) is 4.66. The van der Waals surface area contributed by atoms with Crippen LogP contribution in [0.5, 0.6) is 0 Å². The molecule has 0 saturated heterocycles. The minimum absolute atomic E-state index is 0.0507. The lowest BCUT2D eigenvalue weighted by molar-refractivity contribution is 0.0525. The molecule has 1 aromatic heterocycles. The maximum absolute atomic E-state index is 13.1. The van der Waals surface area contributed by atoms with E-state index in [0.29, 0.717) is 22.4 Å². The summed E-state index contributed by atoms with van der Waals surface area (Å²) >= 11 is 3.34. The Morgan fingerprint density at radius 2 is 1.61 bits per heavy atom. The van der Waals surface area contributed by atoms with Gasteiger partial charge in [0.2, 0.25) is 5.78 Å². The normalized spacial score (nSPS) is 12.4. The molecule has 1 aliphatic carbocycles. The van der Waals surface area contributed by atoms with E-state index in [-0.39, 0.29) is 35.8 Å². The molecule has 0 atom stereocenters. The Labute approximate surface area is 187 Å². The van der Waals surface area contributed by atoms with E-state index in [2.05, 4.69) is 15.9 Å². The van der Waals surface area contributed by atoms with Crippen molar-refractivity contribution in [2.45, 2.75) is 20.4 Å². The van der Waals surface area contributed by atoms with Crippen LogP contribution >= 0.6 is 15.9 Å². The molecule has 6 nitrogen and oxygen atoms in total. The van der Waals surface area contributed by atoms with E-state index >= 15 is 0 Å². The smallest absolute Gasteiger partial charge is 0.340 e. The van der Waals surface area contributed by atoms with Crippen LogP contribution in [0.2, 0.25) is 0 Å². The number of benzene rings is 2. The Kier molecular flexibility index (Phi) is 5.45. The SMILES string of the molecule is CCOC(=O)c1c2c(n(CC(=O)c3ccc(Br)cc3)c1C)C(=O)C(=O)c1ccccc1-2. The second-order valence-electron chi connectivity index (χ2n) is 7.12. The fraction of sp³-hybridized carbons (Fsp3) is 0.167. The lowest BCUT2D eigenvalue weighted by atomic mass is 9.86. The third-order valence-electron chi connectivity index (χ3n) is 5.33. The molecule has 1 heterocycles. The molecule has 0 bridgehead atoms. The summed E-state index contributed by atoms with van der Waals surface area (Å²) in [5.74, 6) is -2.24. The molecule has 4 rings (SSSR count). The fourth-order valence-electron chi connectivity index (χ4n) is 3.89. The van der Waals surface area contributed by atoms with Crippen molar-refractivity contribution in [1.29, 1.82) is 0 Å². The van der Waals surface area contributed by atoms with Crippen molar-refractivity contribution < 1.29 is 23.9 Å². The first-order valence-electron chi connectivity index (χ1n) is 9.72. The van der Waals surface area contributed by atoms with Gasteiger partial charge in [-0.25, -0.2) is 4.79 Å². The summed E-state index contributed by atoms with van der Waals surface area (Å²) in [4.78, 5) is 51.6. The number of hydrogen-bond acceptors (Lipinski definition) is 5. The molecule has 0 radical (unpaired) electrons. The zero-order chi connectivity index (χ0) is 22.3. The highest BCUT2D eigenvalue weighted by atomic mass is 79.9. The van der Waals surface area contributed by atoms with E-state index in [1.54, 1.807) is 62.4 Å². The van der Waals surface area contributed by atoms with Crippen LogP contribution in [0.3, 0.4) is 0 Å². The summed E-state index contributed by atoms with van der Waals surface area (Å²) < 4.78 is 7.52. The molecular formula is C24H18BrNO5. The summed E-state index contributed by atoms with van der Waals surface area (Å²) in [7, 11) is 0. The van der Waals surface area contributed by atoms with Crippen LogP contribution in [0, 0.1) is 6.92 Å². The molecule has 2 aromatic carbocycles. The molecule has 3 aromatic rings. The van der Waals surface area contributed by atoms with Gasteiger partial charge in [0.25, 0.3) is 5.78 Å². The van der Waals surface area contributed by atoms with Gasteiger partial charge in [-0.1, -0.05) is 52.3 Å². The lowest BCUT2D eigenvalue weighted by Gasteiger charge is -2.17. The summed E-state index contributed by atoms with van der Waals surface area (Å²) in [5.41, 5.74) is 2.19. The van der Waals surface area contributed by atoms with Gasteiger partial charge in [0.05, 0.1) is 18.7 Å². The number of rotatable bonds is 5. The summed E-state index contributed by atoms with van der Waals surface area (Å²) in [6.45, 7) is 3.32. The maximum Gasteiger partial charge on any atom is 0.340 e. The van der Waals surface area contributed by atoms with Crippen LogP contribution in [0.15, 0.2) is 53.0 Å². The molecule has 156 valence electrons. The largest absolute Gasteiger partial charge is 0.462 e. The van der Waals surface area contributed by atoms with E-state index in [9.17, 15) is 19.2 Å². The fourth-order valence-corrected chi connectivity index (χ4v) is 4.15. The van der Waals surface area contributed by atoms with Crippen molar-refractivity contribution in [3.05, 3.63) is 81.1 Å². The number of nitrogens with zero attached hydrogens (tertiary/aromatic N) is 1. The van der Waals surface area contributed by atoms with Gasteiger partial charge in [0.1, 0.15) is 5.69 Å². The first kappa shape index (κ1) is 20.9. The van der Waals surface area contributed by atoms with Gasteiger partial charge in [0, 0.05) is 26.9 Å². The second kappa shape index (κ2) is 8.07. The number of ether oxygens (including phenoxy) is 1. The number of Topliss-reactive ketones (excluding diaryl/α,β-unsaturated/α-hetero) is 3. The van der Waals surface area contributed by atoms with Crippen molar-refractivity contribution in [2.75, 3.05) is 6.61 Å². The molecule has 0 fully saturated rings. The highest BCUT2D eigenvalue weighted by Gasteiger charge is 2.39. The van der Waals surface area contributed by atoms with Crippen molar-refractivity contribution in [3.63, 3.8) is 0 Å². The zero-order valence-corrected chi connectivity index (χ0v) is 18.5. The topological polar surface area (TPSA) is 82.4 Å². The Morgan fingerprint density at radius 1 is 0.968 bits per heavy atom. The molecule has 31 heavy (non-hydrogen) atoms. The molecule has 0 amide bonds. The van der Waals surface area contributed by atoms with E-state index in [1.807, 2.05) is 0 Å². The summed E-state index contributed by atoms with van der Waals surface area (Å²) in [6, 6.07) is 13.5. The van der Waals surface area contributed by atoms with Crippen molar-refractivity contribution >= 4 is 39.2 Å². The van der Waals surface area contributed by atoms with Crippen molar-refractivity contribution in [3.8, 4) is 11.1 Å². The third kappa shape index (κ3) is 3.45. The number of fused-ring (bicyclic) bond motifs is 3. The van der Waals surface area contributed by atoms with Gasteiger partial charge < -0.3 is 9.30 Å². The third-order valence-corrected chi connectivity index (χ3v) is 5.86. The van der Waals surface area contributed by atoms with Crippen molar-refractivity contribution in [1.82, 2.24) is 4.57 Å². The first-order valence-corrected chi connectivity index (χ1v) is 10.5. The van der Waals surface area contributed by atoms with Crippen LogP contribution in [0.1, 0.15) is 54.2 Å². The second-order valence-corrected chi connectivity index (χ2v) is 8.04. The Hall–Kier alpha value is -3.32. The molecular weight excluding hydrogens is 462 g/mol. The molecule has 7 heteroatoms. The summed E-state index contributed by atoms with van der Waals surface area (Å²) in [6.07, 6.45) is 0. The van der Waals surface area contributed by atoms with E-state index in [0.717, 1.165) is 4.47 Å². The minimum atomic E-state index is -0.740. The van der Waals surface area contributed by atoms with Gasteiger partial charge in [-0.2, -0.15) is 0 Å². The molecule has 0 saturated carbocycles. The van der Waals surface area contributed by atoms with Crippen LogP contribution in [0.25, 0.3) is 11.1 Å². The van der Waals surface area contributed by atoms with E-state index < -0.39 is 17.5 Å². The van der Waals surface area contributed by atoms with Crippen LogP contribution in [-0.2, 0) is 11.3 Å². The van der Waals surface area contributed by atoms with Gasteiger partial charge in [0.15, 0.2) is 5.78 Å². The Bertz CT molecular complexity index is 1250. The Morgan fingerprint density at radius 3 is 2.26 bits per heavy atom. The summed E-state index contributed by atoms with van der Waals surface area (Å²) in [5, 5.41) is 0. The lowest BCUT2D eigenvalue weighted by Crippen LogP contribution is -2.25. The molecule has 0 aliphatic heterocycles. The van der Waals surface area contributed by atoms with Gasteiger partial charge >= 0.3 is 5.97 Å². The number of carbonyl (C=O) groups excluding carboxylic acids is 4. The quantitative estimate of drug-likeness (QED) is 0.301. The zero-order valence-electron chi connectivity index (χ0n) is 16.9. The molecule has 1 aliphatic rings. The van der Waals surface area contributed by atoms with E-state index in [4.69, 9.17) is 4.74 Å². The molecule has 0 N–H and O–H groups in total. The van der Waals surface area contributed by atoms with Crippen LogP contribution in [0.4, 0.5) is 0 Å². The average Bonchev–Trinajstić information content (AvgIpc) is 3.05. The Balaban J connectivity index is 1.93. The average molecular weight is 480 g/mol. The number of aromatic nitrogens is 1. The minimum Gasteiger partial charge on any atom is -0.462 e. The monoisotopic (exact) mass is 479 g/mol. The molecule has 0 spiro atoms. The van der Waals surface area contributed by atoms with Gasteiger partial charge in [-0.05, 0) is 31.5 Å². The van der Waals surface area contributed by atoms with Gasteiger partial charge in [-0.3, -0.25) is 14.4 Å². The number of ketones is 3.